The molecule has 0 unspecified atom stereocenters. The molecule has 0 aliphatic heterocycles. The van der Waals surface area contributed by atoms with Crippen LogP contribution in [0.3, 0.4) is 0 Å². The zero-order chi connectivity index (χ0) is 22.9. The monoisotopic (exact) mass is 450 g/mol. The van der Waals surface area contributed by atoms with Crippen LogP contribution in [-0.4, -0.2) is 31.4 Å². The van der Waals surface area contributed by atoms with Crippen LogP contribution in [0.1, 0.15) is 31.9 Å². The molecule has 0 fully saturated rings. The summed E-state index contributed by atoms with van der Waals surface area (Å²) in [5.41, 5.74) is 4.33. The Morgan fingerprint density at radius 1 is 1.25 bits per heavy atom. The second-order valence-corrected chi connectivity index (χ2v) is 9.42. The molecule has 1 amide bonds. The third-order valence-corrected chi connectivity index (χ3v) is 5.72. The summed E-state index contributed by atoms with van der Waals surface area (Å²) < 4.78 is 8.16. The molecule has 0 bridgehead atoms. The maximum Gasteiger partial charge on any atom is 0.407 e. The van der Waals surface area contributed by atoms with Crippen molar-refractivity contribution in [1.82, 2.24) is 25.1 Å². The number of thiophene rings is 1. The van der Waals surface area contributed by atoms with Crippen molar-refractivity contribution in [2.75, 3.05) is 5.32 Å². The van der Waals surface area contributed by atoms with Crippen LogP contribution in [0.15, 0.2) is 42.2 Å². The number of fused-ring (bicyclic) bond motifs is 1. The number of carbonyl (C=O) groups excluding carboxylic acids is 1. The average molecular weight is 451 g/mol. The fourth-order valence-corrected chi connectivity index (χ4v) is 4.37. The lowest BCUT2D eigenvalue weighted by atomic mass is 10.1. The summed E-state index contributed by atoms with van der Waals surface area (Å²) in [5, 5.41) is 12.7. The van der Waals surface area contributed by atoms with E-state index < -0.39 is 11.7 Å². The molecule has 0 aromatic carbocycles. The lowest BCUT2D eigenvalue weighted by Crippen LogP contribution is -2.32. The molecule has 4 heterocycles. The van der Waals surface area contributed by atoms with Crippen LogP contribution in [0.2, 0.25) is 0 Å². The molecule has 0 saturated carbocycles. The standard InChI is InChI=1S/C23H26N6O2S/c1-14-12-29(5)28-21(14)27-18-10-16(11-25-22(30)31-23(2,3)4)20-19(26-18)17(13-32-20)15-6-8-24-9-7-15/h6-10,12-13H,11H2,1-5H3,(H,25,30)(H,26,27,28). The fourth-order valence-electron chi connectivity index (χ4n) is 3.34. The molecule has 0 spiro atoms. The summed E-state index contributed by atoms with van der Waals surface area (Å²) in [6.45, 7) is 7.84. The topological polar surface area (TPSA) is 94.0 Å². The molecule has 0 atom stereocenters. The number of amides is 1. The van der Waals surface area contributed by atoms with E-state index in [1.807, 2.05) is 59.1 Å². The van der Waals surface area contributed by atoms with Gasteiger partial charge in [-0.05, 0) is 57.0 Å². The minimum Gasteiger partial charge on any atom is -0.444 e. The summed E-state index contributed by atoms with van der Waals surface area (Å²) in [7, 11) is 1.88. The van der Waals surface area contributed by atoms with E-state index in [9.17, 15) is 4.79 Å². The smallest absolute Gasteiger partial charge is 0.407 e. The van der Waals surface area contributed by atoms with E-state index in [-0.39, 0.29) is 0 Å². The van der Waals surface area contributed by atoms with Crippen molar-refractivity contribution in [2.24, 2.45) is 7.05 Å². The van der Waals surface area contributed by atoms with Gasteiger partial charge in [0, 0.05) is 48.7 Å². The van der Waals surface area contributed by atoms with Crippen LogP contribution >= 0.6 is 11.3 Å². The average Bonchev–Trinajstić information content (AvgIpc) is 3.28. The molecule has 4 rings (SSSR count). The number of nitrogens with zero attached hydrogens (tertiary/aromatic N) is 4. The van der Waals surface area contributed by atoms with E-state index in [4.69, 9.17) is 9.72 Å². The zero-order valence-corrected chi connectivity index (χ0v) is 19.6. The summed E-state index contributed by atoms with van der Waals surface area (Å²) >= 11 is 1.60. The Balaban J connectivity index is 1.72. The molecule has 4 aromatic rings. The van der Waals surface area contributed by atoms with Gasteiger partial charge in [0.15, 0.2) is 5.82 Å². The first-order valence-corrected chi connectivity index (χ1v) is 11.1. The highest BCUT2D eigenvalue weighted by Crippen LogP contribution is 2.36. The van der Waals surface area contributed by atoms with Gasteiger partial charge in [-0.15, -0.1) is 11.3 Å². The number of nitrogens with one attached hydrogen (secondary N) is 2. The number of ether oxygens (including phenoxy) is 1. The first kappa shape index (κ1) is 21.8. The van der Waals surface area contributed by atoms with E-state index in [0.717, 1.165) is 38.3 Å². The highest BCUT2D eigenvalue weighted by atomic mass is 32.1. The first-order valence-electron chi connectivity index (χ1n) is 10.3. The maximum atomic E-state index is 12.2. The number of aryl methyl sites for hydroxylation is 2. The Morgan fingerprint density at radius 2 is 2.00 bits per heavy atom. The van der Waals surface area contributed by atoms with Crippen molar-refractivity contribution in [1.29, 1.82) is 0 Å². The molecule has 2 N–H and O–H groups in total. The van der Waals surface area contributed by atoms with E-state index in [2.05, 4.69) is 26.1 Å². The van der Waals surface area contributed by atoms with Crippen molar-refractivity contribution < 1.29 is 9.53 Å². The SMILES string of the molecule is Cc1cn(C)nc1Nc1cc(CNC(=O)OC(C)(C)C)c2scc(-c3ccncc3)c2n1. The van der Waals surface area contributed by atoms with Gasteiger partial charge in [0.2, 0.25) is 0 Å². The Hall–Kier alpha value is -3.46. The highest BCUT2D eigenvalue weighted by molar-refractivity contribution is 7.17. The molecule has 0 aliphatic rings. The van der Waals surface area contributed by atoms with Gasteiger partial charge in [-0.25, -0.2) is 9.78 Å². The molecule has 8 nitrogen and oxygen atoms in total. The zero-order valence-electron chi connectivity index (χ0n) is 18.8. The fraction of sp³-hybridized carbons (Fsp3) is 0.304. The van der Waals surface area contributed by atoms with Gasteiger partial charge in [0.05, 0.1) is 10.2 Å². The Morgan fingerprint density at radius 3 is 2.66 bits per heavy atom. The number of alkyl carbamates (subject to hydrolysis) is 1. The van der Waals surface area contributed by atoms with E-state index >= 15 is 0 Å². The number of aromatic nitrogens is 4. The summed E-state index contributed by atoms with van der Waals surface area (Å²) in [5.74, 6) is 1.40. The van der Waals surface area contributed by atoms with Crippen LogP contribution in [0.25, 0.3) is 21.3 Å². The van der Waals surface area contributed by atoms with E-state index in [0.29, 0.717) is 12.4 Å². The van der Waals surface area contributed by atoms with Crippen molar-refractivity contribution in [3.8, 4) is 11.1 Å². The number of pyridine rings is 2. The predicted octanol–water partition coefficient (Wildman–Crippen LogP) is 5.17. The van der Waals surface area contributed by atoms with Gasteiger partial charge in [0.25, 0.3) is 0 Å². The van der Waals surface area contributed by atoms with Crippen LogP contribution in [0.5, 0.6) is 0 Å². The number of rotatable bonds is 5. The van der Waals surface area contributed by atoms with Gasteiger partial charge in [0.1, 0.15) is 11.4 Å². The minimum absolute atomic E-state index is 0.320. The second-order valence-electron chi connectivity index (χ2n) is 8.54. The largest absolute Gasteiger partial charge is 0.444 e. The van der Waals surface area contributed by atoms with Gasteiger partial charge in [-0.1, -0.05) is 0 Å². The van der Waals surface area contributed by atoms with Crippen LogP contribution in [0.4, 0.5) is 16.4 Å². The first-order chi connectivity index (χ1) is 15.2. The van der Waals surface area contributed by atoms with Gasteiger partial charge in [-0.3, -0.25) is 9.67 Å². The molecule has 0 saturated heterocycles. The van der Waals surface area contributed by atoms with Crippen LogP contribution in [0, 0.1) is 6.92 Å². The molecule has 0 radical (unpaired) electrons. The molecule has 0 aliphatic carbocycles. The Kier molecular flexibility index (Phi) is 5.84. The number of hydrogen-bond acceptors (Lipinski definition) is 7. The summed E-state index contributed by atoms with van der Waals surface area (Å²) in [4.78, 5) is 21.2. The second kappa shape index (κ2) is 8.58. The normalized spacial score (nSPS) is 11.5. The van der Waals surface area contributed by atoms with E-state index in [1.54, 1.807) is 28.4 Å². The van der Waals surface area contributed by atoms with Gasteiger partial charge in [-0.2, -0.15) is 5.10 Å². The van der Waals surface area contributed by atoms with Crippen molar-refractivity contribution in [3.63, 3.8) is 0 Å². The van der Waals surface area contributed by atoms with Crippen LogP contribution < -0.4 is 10.6 Å². The molecular weight excluding hydrogens is 424 g/mol. The summed E-state index contributed by atoms with van der Waals surface area (Å²) in [6.07, 6.45) is 5.02. The minimum atomic E-state index is -0.557. The molecule has 32 heavy (non-hydrogen) atoms. The van der Waals surface area contributed by atoms with Crippen LogP contribution in [-0.2, 0) is 18.3 Å². The quantitative estimate of drug-likeness (QED) is 0.436. The maximum absolute atomic E-state index is 12.2. The van der Waals surface area contributed by atoms with Crippen molar-refractivity contribution >= 4 is 39.3 Å². The molecular formula is C23H26N6O2S. The lowest BCUT2D eigenvalue weighted by Gasteiger charge is -2.19. The Bertz CT molecular complexity index is 1260. The molecule has 166 valence electrons. The van der Waals surface area contributed by atoms with Gasteiger partial charge >= 0.3 is 6.09 Å². The van der Waals surface area contributed by atoms with E-state index in [1.165, 1.54) is 0 Å². The Labute approximate surface area is 190 Å². The molecule has 4 aromatic heterocycles. The lowest BCUT2D eigenvalue weighted by molar-refractivity contribution is 0.0524. The third kappa shape index (κ3) is 4.88. The highest BCUT2D eigenvalue weighted by Gasteiger charge is 2.18. The molecule has 9 heteroatoms. The summed E-state index contributed by atoms with van der Waals surface area (Å²) in [6, 6.07) is 5.87. The number of hydrogen-bond donors (Lipinski definition) is 2. The number of carbonyl (C=O) groups is 1. The number of anilines is 2. The van der Waals surface area contributed by atoms with Crippen molar-refractivity contribution in [2.45, 2.75) is 39.8 Å². The van der Waals surface area contributed by atoms with Crippen molar-refractivity contribution in [3.05, 3.63) is 53.3 Å². The van der Waals surface area contributed by atoms with Gasteiger partial charge < -0.3 is 15.4 Å². The predicted molar refractivity (Wildman–Crippen MR) is 127 cm³/mol. The third-order valence-electron chi connectivity index (χ3n) is 4.67.